The van der Waals surface area contributed by atoms with Gasteiger partial charge in [-0.1, -0.05) is 0 Å². The summed E-state index contributed by atoms with van der Waals surface area (Å²) in [7, 11) is 0. The van der Waals surface area contributed by atoms with E-state index in [0.717, 1.165) is 33.9 Å². The molecular formula is C24H24N2O3S2. The molecule has 2 aromatic carbocycles. The summed E-state index contributed by atoms with van der Waals surface area (Å²) in [4.78, 5) is 22.3. The Morgan fingerprint density at radius 3 is 1.84 bits per heavy atom. The van der Waals surface area contributed by atoms with Crippen molar-refractivity contribution in [3.63, 3.8) is 0 Å². The first-order valence-electron chi connectivity index (χ1n) is 10.2. The van der Waals surface area contributed by atoms with Crippen LogP contribution < -0.4 is 11.1 Å². The van der Waals surface area contributed by atoms with Crippen molar-refractivity contribution in [1.29, 1.82) is 0 Å². The maximum absolute atomic E-state index is 11.8. The van der Waals surface area contributed by atoms with E-state index in [2.05, 4.69) is 5.32 Å². The number of aromatic carboxylic acids is 1. The van der Waals surface area contributed by atoms with Crippen LogP contribution in [0.3, 0.4) is 0 Å². The molecule has 4 N–H and O–H groups in total. The van der Waals surface area contributed by atoms with Crippen molar-refractivity contribution >= 4 is 54.7 Å². The van der Waals surface area contributed by atoms with Crippen LogP contribution in [0.1, 0.15) is 46.4 Å². The number of carboxylic acids is 1. The van der Waals surface area contributed by atoms with Crippen LogP contribution in [0.5, 0.6) is 0 Å². The standard InChI is InChI=1S/C12H11NOS.C9H6O2S.C3H7N/c14-12(13-10-2-3-10)9-1-4-11-8(7-9)5-6-15-11;10-9(11)7-1-2-8-6(5-7)3-4-12-8;4-3-1-2-3/h1,4-7,10H,2-3H2,(H,13,14);1-5H,(H,10,11);3H,1-2,4H2. The van der Waals surface area contributed by atoms with E-state index in [9.17, 15) is 9.59 Å². The van der Waals surface area contributed by atoms with E-state index in [4.69, 9.17) is 10.8 Å². The molecule has 2 aromatic heterocycles. The molecule has 31 heavy (non-hydrogen) atoms. The van der Waals surface area contributed by atoms with Gasteiger partial charge in [-0.2, -0.15) is 0 Å². The van der Waals surface area contributed by atoms with E-state index in [1.54, 1.807) is 34.8 Å². The zero-order valence-electron chi connectivity index (χ0n) is 16.9. The highest BCUT2D eigenvalue weighted by molar-refractivity contribution is 7.17. The number of benzene rings is 2. The fourth-order valence-electron chi connectivity index (χ4n) is 2.80. The molecule has 7 heteroatoms. The highest BCUT2D eigenvalue weighted by atomic mass is 32.1. The molecule has 2 saturated carbocycles. The number of fused-ring (bicyclic) bond motifs is 2. The monoisotopic (exact) mass is 452 g/mol. The molecule has 0 radical (unpaired) electrons. The summed E-state index contributed by atoms with van der Waals surface area (Å²) in [5.41, 5.74) is 6.34. The Labute approximate surface area is 188 Å². The molecular weight excluding hydrogens is 428 g/mol. The molecule has 0 bridgehead atoms. The van der Waals surface area contributed by atoms with Crippen LogP contribution >= 0.6 is 22.7 Å². The molecule has 0 saturated heterocycles. The third-order valence-electron chi connectivity index (χ3n) is 4.95. The minimum Gasteiger partial charge on any atom is -0.478 e. The number of rotatable bonds is 3. The van der Waals surface area contributed by atoms with Gasteiger partial charge in [-0.25, -0.2) is 4.79 Å². The molecule has 0 spiro atoms. The van der Waals surface area contributed by atoms with Gasteiger partial charge in [0, 0.05) is 27.0 Å². The van der Waals surface area contributed by atoms with Gasteiger partial charge >= 0.3 is 5.97 Å². The number of nitrogens with two attached hydrogens (primary N) is 1. The van der Waals surface area contributed by atoms with E-state index >= 15 is 0 Å². The van der Waals surface area contributed by atoms with E-state index < -0.39 is 5.97 Å². The van der Waals surface area contributed by atoms with Gasteiger partial charge < -0.3 is 16.2 Å². The van der Waals surface area contributed by atoms with Crippen molar-refractivity contribution in [3.8, 4) is 0 Å². The Kier molecular flexibility index (Phi) is 6.65. The predicted octanol–water partition coefficient (Wildman–Crippen LogP) is 5.50. The Bertz CT molecular complexity index is 1210. The molecule has 0 atom stereocenters. The van der Waals surface area contributed by atoms with Gasteiger partial charge in [-0.05, 0) is 95.7 Å². The number of carboxylic acid groups (broad SMARTS) is 1. The van der Waals surface area contributed by atoms with Crippen LogP contribution in [-0.2, 0) is 0 Å². The van der Waals surface area contributed by atoms with Gasteiger partial charge in [0.05, 0.1) is 5.56 Å². The second-order valence-corrected chi connectivity index (χ2v) is 9.63. The summed E-state index contributed by atoms with van der Waals surface area (Å²) in [6.07, 6.45) is 4.79. The fraction of sp³-hybridized carbons (Fsp3) is 0.250. The van der Waals surface area contributed by atoms with E-state index in [0.29, 0.717) is 17.6 Å². The molecule has 6 rings (SSSR count). The van der Waals surface area contributed by atoms with E-state index in [1.807, 2.05) is 47.2 Å². The summed E-state index contributed by atoms with van der Waals surface area (Å²) >= 11 is 3.32. The second-order valence-electron chi connectivity index (χ2n) is 7.74. The van der Waals surface area contributed by atoms with Gasteiger partial charge in [0.25, 0.3) is 5.91 Å². The summed E-state index contributed by atoms with van der Waals surface area (Å²) < 4.78 is 2.36. The van der Waals surface area contributed by atoms with Gasteiger partial charge in [-0.15, -0.1) is 22.7 Å². The first-order chi connectivity index (χ1) is 15.0. The van der Waals surface area contributed by atoms with Crippen LogP contribution in [0.25, 0.3) is 20.2 Å². The first kappa shape index (κ1) is 21.5. The van der Waals surface area contributed by atoms with Crippen molar-refractivity contribution < 1.29 is 14.7 Å². The van der Waals surface area contributed by atoms with Gasteiger partial charge in [-0.3, -0.25) is 4.79 Å². The molecule has 4 aromatic rings. The smallest absolute Gasteiger partial charge is 0.335 e. The van der Waals surface area contributed by atoms with Gasteiger partial charge in [0.1, 0.15) is 0 Å². The third-order valence-corrected chi connectivity index (χ3v) is 6.74. The number of carbonyl (C=O) groups excluding carboxylic acids is 1. The Hall–Kier alpha value is -2.74. The predicted molar refractivity (Wildman–Crippen MR) is 128 cm³/mol. The molecule has 2 heterocycles. The molecule has 1 amide bonds. The number of thiophene rings is 2. The van der Waals surface area contributed by atoms with Crippen LogP contribution in [-0.4, -0.2) is 29.1 Å². The van der Waals surface area contributed by atoms with E-state index in [-0.39, 0.29) is 5.91 Å². The molecule has 2 aliphatic rings. The molecule has 5 nitrogen and oxygen atoms in total. The largest absolute Gasteiger partial charge is 0.478 e. The quantitative estimate of drug-likeness (QED) is 0.383. The molecule has 0 aliphatic heterocycles. The lowest BCUT2D eigenvalue weighted by atomic mass is 10.1. The number of carbonyl (C=O) groups is 2. The highest BCUT2D eigenvalue weighted by Gasteiger charge is 2.23. The van der Waals surface area contributed by atoms with Gasteiger partial charge in [0.2, 0.25) is 0 Å². The topological polar surface area (TPSA) is 92.4 Å². The lowest BCUT2D eigenvalue weighted by molar-refractivity contribution is 0.0696. The van der Waals surface area contributed by atoms with Crippen molar-refractivity contribution in [2.24, 2.45) is 5.73 Å². The lowest BCUT2D eigenvalue weighted by Gasteiger charge is -2.02. The number of hydrogen-bond acceptors (Lipinski definition) is 5. The Balaban J connectivity index is 0.000000129. The fourth-order valence-corrected chi connectivity index (χ4v) is 4.34. The first-order valence-corrected chi connectivity index (χ1v) is 12.0. The highest BCUT2D eigenvalue weighted by Crippen LogP contribution is 2.24. The molecule has 0 unspecified atom stereocenters. The average Bonchev–Trinajstić information content (AvgIpc) is 3.64. The summed E-state index contributed by atoms with van der Waals surface area (Å²) in [5, 5.41) is 17.8. The van der Waals surface area contributed by atoms with Crippen molar-refractivity contribution in [2.75, 3.05) is 0 Å². The molecule has 160 valence electrons. The minimum atomic E-state index is -0.872. The minimum absolute atomic E-state index is 0.0607. The Morgan fingerprint density at radius 2 is 1.35 bits per heavy atom. The van der Waals surface area contributed by atoms with E-state index in [1.165, 1.54) is 17.5 Å². The lowest BCUT2D eigenvalue weighted by Crippen LogP contribution is -2.25. The summed E-state index contributed by atoms with van der Waals surface area (Å²) in [6.45, 7) is 0. The Morgan fingerprint density at radius 1 is 0.839 bits per heavy atom. The van der Waals surface area contributed by atoms with Crippen molar-refractivity contribution in [2.45, 2.75) is 37.8 Å². The maximum atomic E-state index is 11.8. The summed E-state index contributed by atoms with van der Waals surface area (Å²) in [6, 6.07) is 16.0. The second kappa shape index (κ2) is 9.60. The number of nitrogens with one attached hydrogen (secondary N) is 1. The van der Waals surface area contributed by atoms with Crippen LogP contribution in [0.2, 0.25) is 0 Å². The maximum Gasteiger partial charge on any atom is 0.335 e. The van der Waals surface area contributed by atoms with Crippen LogP contribution in [0.4, 0.5) is 0 Å². The van der Waals surface area contributed by atoms with Crippen molar-refractivity contribution in [3.05, 3.63) is 70.4 Å². The van der Waals surface area contributed by atoms with Crippen LogP contribution in [0.15, 0.2) is 59.3 Å². The zero-order chi connectivity index (χ0) is 21.8. The summed E-state index contributed by atoms with van der Waals surface area (Å²) in [5.74, 6) is -0.811. The molecule has 2 aliphatic carbocycles. The molecule has 2 fully saturated rings. The third kappa shape index (κ3) is 6.13. The van der Waals surface area contributed by atoms with Crippen LogP contribution in [0, 0.1) is 0 Å². The zero-order valence-corrected chi connectivity index (χ0v) is 18.5. The normalized spacial score (nSPS) is 14.9. The SMILES string of the molecule is NC1CC1.O=C(NC1CC1)c1ccc2sccc2c1.O=C(O)c1ccc2sccc2c1. The van der Waals surface area contributed by atoms with Gasteiger partial charge in [0.15, 0.2) is 0 Å². The number of amides is 1. The average molecular weight is 453 g/mol. The van der Waals surface area contributed by atoms with Crippen molar-refractivity contribution in [1.82, 2.24) is 5.32 Å². The number of hydrogen-bond donors (Lipinski definition) is 3.